The summed E-state index contributed by atoms with van der Waals surface area (Å²) in [6.45, 7) is 0.986. The fraction of sp³-hybridized carbons (Fsp3) is 0.267. The molecular formula is C15H17N3O2. The Bertz CT molecular complexity index is 621. The molecule has 2 heterocycles. The highest BCUT2D eigenvalue weighted by molar-refractivity contribution is 5.83. The molecule has 0 saturated carbocycles. The molecule has 1 unspecified atom stereocenters. The quantitative estimate of drug-likeness (QED) is 0.890. The van der Waals surface area contributed by atoms with Crippen LogP contribution in [0.25, 0.3) is 0 Å². The molecule has 2 aromatic rings. The molecule has 2 N–H and O–H groups in total. The van der Waals surface area contributed by atoms with Crippen LogP contribution in [-0.2, 0) is 18.4 Å². The Kier molecular flexibility index (Phi) is 3.33. The van der Waals surface area contributed by atoms with E-state index in [0.717, 1.165) is 17.1 Å². The molecule has 5 heteroatoms. The number of carbonyl (C=O) groups excluding carboxylic acids is 1. The Balaban J connectivity index is 1.60. The van der Waals surface area contributed by atoms with E-state index in [1.807, 2.05) is 54.2 Å². The molecule has 104 valence electrons. The topological polar surface area (TPSA) is 55.3 Å². The second kappa shape index (κ2) is 5.28. The number of hydrogen-bond acceptors (Lipinski definition) is 3. The number of amides is 1. The van der Waals surface area contributed by atoms with Crippen molar-refractivity contribution in [2.45, 2.75) is 12.6 Å². The molecule has 0 bridgehead atoms. The third-order valence-corrected chi connectivity index (χ3v) is 3.42. The monoisotopic (exact) mass is 271 g/mol. The van der Waals surface area contributed by atoms with Crippen molar-refractivity contribution in [1.82, 2.24) is 9.88 Å². The van der Waals surface area contributed by atoms with Gasteiger partial charge in [-0.15, -0.1) is 0 Å². The minimum absolute atomic E-state index is 0.104. The summed E-state index contributed by atoms with van der Waals surface area (Å²) in [6, 6.07) is 11.6. The molecule has 5 nitrogen and oxygen atoms in total. The van der Waals surface area contributed by atoms with E-state index in [-0.39, 0.29) is 5.91 Å². The van der Waals surface area contributed by atoms with Crippen LogP contribution in [-0.4, -0.2) is 23.1 Å². The highest BCUT2D eigenvalue weighted by Crippen LogP contribution is 2.28. The Hall–Kier alpha value is -2.43. The van der Waals surface area contributed by atoms with Crippen molar-refractivity contribution in [3.05, 3.63) is 48.3 Å². The fourth-order valence-corrected chi connectivity index (χ4v) is 2.23. The highest BCUT2D eigenvalue weighted by atomic mass is 16.5. The van der Waals surface area contributed by atoms with Gasteiger partial charge in [0.05, 0.1) is 18.8 Å². The third-order valence-electron chi connectivity index (χ3n) is 3.42. The summed E-state index contributed by atoms with van der Waals surface area (Å²) in [5.74, 6) is 0.617. The van der Waals surface area contributed by atoms with E-state index in [4.69, 9.17) is 4.74 Å². The summed E-state index contributed by atoms with van der Waals surface area (Å²) in [7, 11) is 1.95. The average Bonchev–Trinajstić information content (AvgIpc) is 2.89. The summed E-state index contributed by atoms with van der Waals surface area (Å²) in [5, 5.41) is 6.11. The summed E-state index contributed by atoms with van der Waals surface area (Å²) >= 11 is 0. The standard InChI is InChI=1S/C15H17N3O2/c1-18-8-4-5-11(18)9-17-15(19)14-10-16-12-6-2-3-7-13(12)20-14/h2-8,14,16H,9-10H2,1H3,(H,17,19). The lowest BCUT2D eigenvalue weighted by atomic mass is 10.2. The van der Waals surface area contributed by atoms with E-state index in [1.54, 1.807) is 0 Å². The van der Waals surface area contributed by atoms with Crippen molar-refractivity contribution in [3.8, 4) is 5.75 Å². The zero-order chi connectivity index (χ0) is 13.9. The number of fused-ring (bicyclic) bond motifs is 1. The predicted octanol–water partition coefficient (Wildman–Crippen LogP) is 1.51. The number of benzene rings is 1. The number of carbonyl (C=O) groups is 1. The van der Waals surface area contributed by atoms with E-state index in [1.165, 1.54) is 0 Å². The maximum atomic E-state index is 12.1. The zero-order valence-corrected chi connectivity index (χ0v) is 11.3. The summed E-state index contributed by atoms with van der Waals surface area (Å²) in [6.07, 6.45) is 1.46. The number of aromatic nitrogens is 1. The van der Waals surface area contributed by atoms with Crippen LogP contribution in [0, 0.1) is 0 Å². The van der Waals surface area contributed by atoms with Gasteiger partial charge in [0.15, 0.2) is 6.10 Å². The molecule has 0 saturated heterocycles. The third kappa shape index (κ3) is 2.47. The fourth-order valence-electron chi connectivity index (χ4n) is 2.23. The molecule has 1 aliphatic rings. The van der Waals surface area contributed by atoms with Crippen LogP contribution in [0.3, 0.4) is 0 Å². The largest absolute Gasteiger partial charge is 0.477 e. The van der Waals surface area contributed by atoms with Gasteiger partial charge in [-0.1, -0.05) is 12.1 Å². The van der Waals surface area contributed by atoms with Crippen molar-refractivity contribution in [3.63, 3.8) is 0 Å². The number of ether oxygens (including phenoxy) is 1. The number of nitrogens with one attached hydrogen (secondary N) is 2. The molecule has 1 aromatic carbocycles. The first-order valence-electron chi connectivity index (χ1n) is 6.61. The second-order valence-corrected chi connectivity index (χ2v) is 4.81. The van der Waals surface area contributed by atoms with E-state index in [2.05, 4.69) is 10.6 Å². The van der Waals surface area contributed by atoms with Gasteiger partial charge in [0, 0.05) is 18.9 Å². The van der Waals surface area contributed by atoms with Gasteiger partial charge in [0.2, 0.25) is 0 Å². The van der Waals surface area contributed by atoms with Crippen LogP contribution in [0.2, 0.25) is 0 Å². The number of rotatable bonds is 3. The van der Waals surface area contributed by atoms with E-state index in [9.17, 15) is 4.79 Å². The van der Waals surface area contributed by atoms with E-state index < -0.39 is 6.10 Å². The Labute approximate surface area is 117 Å². The van der Waals surface area contributed by atoms with Crippen molar-refractivity contribution in [1.29, 1.82) is 0 Å². The number of para-hydroxylation sites is 2. The summed E-state index contributed by atoms with van der Waals surface area (Å²) in [5.41, 5.74) is 1.99. The molecule has 1 aliphatic heterocycles. The van der Waals surface area contributed by atoms with Crippen LogP contribution in [0.1, 0.15) is 5.69 Å². The number of aryl methyl sites for hydroxylation is 1. The van der Waals surface area contributed by atoms with Crippen molar-refractivity contribution in [2.24, 2.45) is 7.05 Å². The number of nitrogens with zero attached hydrogens (tertiary/aromatic N) is 1. The summed E-state index contributed by atoms with van der Waals surface area (Å²) in [4.78, 5) is 12.1. The second-order valence-electron chi connectivity index (χ2n) is 4.81. The van der Waals surface area contributed by atoms with Gasteiger partial charge in [-0.25, -0.2) is 0 Å². The number of hydrogen-bond donors (Lipinski definition) is 2. The smallest absolute Gasteiger partial charge is 0.263 e. The normalized spacial score (nSPS) is 16.8. The molecule has 1 atom stereocenters. The van der Waals surface area contributed by atoms with Crippen LogP contribution in [0.4, 0.5) is 5.69 Å². The minimum atomic E-state index is -0.495. The van der Waals surface area contributed by atoms with Crippen molar-refractivity contribution >= 4 is 11.6 Å². The Morgan fingerprint density at radius 3 is 3.05 bits per heavy atom. The maximum absolute atomic E-state index is 12.1. The van der Waals surface area contributed by atoms with Gasteiger partial charge in [-0.3, -0.25) is 4.79 Å². The predicted molar refractivity (Wildman–Crippen MR) is 76.6 cm³/mol. The SMILES string of the molecule is Cn1cccc1CNC(=O)C1CNc2ccccc2O1. The van der Waals surface area contributed by atoms with Crippen molar-refractivity contribution in [2.75, 3.05) is 11.9 Å². The zero-order valence-electron chi connectivity index (χ0n) is 11.3. The molecule has 1 aromatic heterocycles. The van der Waals surface area contributed by atoms with Crippen molar-refractivity contribution < 1.29 is 9.53 Å². The highest BCUT2D eigenvalue weighted by Gasteiger charge is 2.25. The molecule has 0 radical (unpaired) electrons. The van der Waals surface area contributed by atoms with Gasteiger partial charge in [0.25, 0.3) is 5.91 Å². The lowest BCUT2D eigenvalue weighted by Crippen LogP contribution is -2.44. The van der Waals surface area contributed by atoms with Gasteiger partial charge < -0.3 is 19.9 Å². The van der Waals surface area contributed by atoms with Crippen LogP contribution < -0.4 is 15.4 Å². The van der Waals surface area contributed by atoms with Gasteiger partial charge in [0.1, 0.15) is 5.75 Å². The maximum Gasteiger partial charge on any atom is 0.263 e. The molecule has 20 heavy (non-hydrogen) atoms. The first-order valence-corrected chi connectivity index (χ1v) is 6.61. The van der Waals surface area contributed by atoms with Gasteiger partial charge in [-0.05, 0) is 24.3 Å². The van der Waals surface area contributed by atoms with Gasteiger partial charge in [-0.2, -0.15) is 0 Å². The number of anilines is 1. The molecular weight excluding hydrogens is 254 g/mol. The lowest BCUT2D eigenvalue weighted by Gasteiger charge is -2.26. The lowest BCUT2D eigenvalue weighted by molar-refractivity contribution is -0.127. The molecule has 0 spiro atoms. The first-order chi connectivity index (χ1) is 9.74. The molecule has 0 fully saturated rings. The molecule has 1 amide bonds. The minimum Gasteiger partial charge on any atom is -0.477 e. The Morgan fingerprint density at radius 2 is 2.25 bits per heavy atom. The van der Waals surface area contributed by atoms with E-state index >= 15 is 0 Å². The average molecular weight is 271 g/mol. The van der Waals surface area contributed by atoms with Crippen LogP contribution in [0.15, 0.2) is 42.6 Å². The molecule has 0 aliphatic carbocycles. The van der Waals surface area contributed by atoms with E-state index in [0.29, 0.717) is 13.1 Å². The van der Waals surface area contributed by atoms with Crippen LogP contribution >= 0.6 is 0 Å². The first kappa shape index (κ1) is 12.6. The molecule has 3 rings (SSSR count). The van der Waals surface area contributed by atoms with Crippen LogP contribution in [0.5, 0.6) is 5.75 Å². The van der Waals surface area contributed by atoms with Gasteiger partial charge >= 0.3 is 0 Å². The Morgan fingerprint density at radius 1 is 1.40 bits per heavy atom. The summed E-state index contributed by atoms with van der Waals surface area (Å²) < 4.78 is 7.69.